The van der Waals surface area contributed by atoms with Gasteiger partial charge in [-0.05, 0) is 31.2 Å². The number of ether oxygens (including phenoxy) is 2. The molecular formula is C15H14N4O4. The van der Waals surface area contributed by atoms with Crippen molar-refractivity contribution in [2.24, 2.45) is 7.05 Å². The van der Waals surface area contributed by atoms with Crippen molar-refractivity contribution in [3.05, 3.63) is 41.6 Å². The number of nitrogens with zero attached hydrogens (tertiary/aromatic N) is 3. The minimum atomic E-state index is -0.807. The third kappa shape index (κ3) is 3.85. The predicted molar refractivity (Wildman–Crippen MR) is 80.0 cm³/mol. The van der Waals surface area contributed by atoms with Crippen LogP contribution in [-0.4, -0.2) is 28.4 Å². The van der Waals surface area contributed by atoms with Gasteiger partial charge in [0.15, 0.2) is 0 Å². The number of amides is 1. The molecule has 0 spiro atoms. The number of carbonyl (C=O) groups excluding carboxylic acids is 2. The highest BCUT2D eigenvalue weighted by molar-refractivity contribution is 6.04. The van der Waals surface area contributed by atoms with Gasteiger partial charge in [0, 0.05) is 12.6 Å². The molecule has 0 aliphatic rings. The summed E-state index contributed by atoms with van der Waals surface area (Å²) in [6.45, 7) is 1.88. The fraction of sp³-hybridized carbons (Fsp3) is 0.200. The second-order valence-electron chi connectivity index (χ2n) is 4.41. The Labute approximate surface area is 132 Å². The van der Waals surface area contributed by atoms with Gasteiger partial charge in [-0.2, -0.15) is 10.4 Å². The number of benzene rings is 1. The first-order chi connectivity index (χ1) is 11.0. The highest BCUT2D eigenvalue weighted by atomic mass is 16.7. The van der Waals surface area contributed by atoms with E-state index in [4.69, 9.17) is 10.00 Å². The average Bonchev–Trinajstić information content (AvgIpc) is 2.88. The predicted octanol–water partition coefficient (Wildman–Crippen LogP) is 2.08. The molecule has 23 heavy (non-hydrogen) atoms. The molecule has 1 aromatic carbocycles. The first-order valence-electron chi connectivity index (χ1n) is 6.73. The zero-order valence-corrected chi connectivity index (χ0v) is 12.6. The number of aromatic nitrogens is 2. The van der Waals surface area contributed by atoms with Crippen molar-refractivity contribution in [2.45, 2.75) is 6.92 Å². The van der Waals surface area contributed by atoms with E-state index in [0.717, 1.165) is 0 Å². The van der Waals surface area contributed by atoms with Crippen LogP contribution in [0.15, 0.2) is 30.5 Å². The van der Waals surface area contributed by atoms with Gasteiger partial charge in [-0.25, -0.2) is 4.79 Å². The van der Waals surface area contributed by atoms with Crippen molar-refractivity contribution in [1.29, 1.82) is 5.26 Å². The van der Waals surface area contributed by atoms with Crippen LogP contribution in [0.25, 0.3) is 0 Å². The minimum absolute atomic E-state index is 0.214. The summed E-state index contributed by atoms with van der Waals surface area (Å²) in [4.78, 5) is 23.4. The molecule has 1 amide bonds. The maximum atomic E-state index is 12.2. The molecule has 1 heterocycles. The van der Waals surface area contributed by atoms with E-state index < -0.39 is 12.1 Å². The average molecular weight is 314 g/mol. The second-order valence-corrected chi connectivity index (χ2v) is 4.41. The van der Waals surface area contributed by atoms with E-state index >= 15 is 0 Å². The van der Waals surface area contributed by atoms with E-state index in [1.54, 1.807) is 14.0 Å². The van der Waals surface area contributed by atoms with Gasteiger partial charge in [0.2, 0.25) is 0 Å². The number of aryl methyl sites for hydroxylation is 1. The first-order valence-corrected chi connectivity index (χ1v) is 6.73. The van der Waals surface area contributed by atoms with E-state index in [2.05, 4.69) is 15.2 Å². The lowest BCUT2D eigenvalue weighted by Gasteiger charge is -2.07. The molecule has 0 atom stereocenters. The normalized spacial score (nSPS) is 9.78. The standard InChI is InChI=1S/C15H14N4O4/c1-3-22-15(21)23-12-6-4-10(5-7-12)14(20)18-13-11(8-16)9-17-19(13)2/h4-7,9H,3H2,1-2H3,(H,18,20). The fourth-order valence-corrected chi connectivity index (χ4v) is 1.77. The molecule has 0 radical (unpaired) electrons. The number of nitriles is 1. The molecule has 1 aromatic heterocycles. The third-order valence-electron chi connectivity index (χ3n) is 2.87. The van der Waals surface area contributed by atoms with Crippen LogP contribution < -0.4 is 10.1 Å². The SMILES string of the molecule is CCOC(=O)Oc1ccc(C(=O)Nc2c(C#N)cnn2C)cc1. The zero-order valence-electron chi connectivity index (χ0n) is 12.6. The number of anilines is 1. The van der Waals surface area contributed by atoms with Crippen LogP contribution in [0.3, 0.4) is 0 Å². The number of nitrogens with one attached hydrogen (secondary N) is 1. The lowest BCUT2D eigenvalue weighted by molar-refractivity contribution is 0.102. The number of hydrogen-bond donors (Lipinski definition) is 1. The number of carbonyl (C=O) groups is 2. The van der Waals surface area contributed by atoms with Crippen molar-refractivity contribution >= 4 is 17.9 Å². The quantitative estimate of drug-likeness (QED) is 0.684. The summed E-state index contributed by atoms with van der Waals surface area (Å²) in [5.41, 5.74) is 0.606. The van der Waals surface area contributed by atoms with Gasteiger partial charge in [-0.15, -0.1) is 0 Å². The molecule has 8 nitrogen and oxygen atoms in total. The second kappa shape index (κ2) is 7.09. The van der Waals surface area contributed by atoms with E-state index in [9.17, 15) is 9.59 Å². The number of hydrogen-bond acceptors (Lipinski definition) is 6. The van der Waals surface area contributed by atoms with E-state index in [1.807, 2.05) is 6.07 Å². The largest absolute Gasteiger partial charge is 0.513 e. The van der Waals surface area contributed by atoms with Crippen LogP contribution >= 0.6 is 0 Å². The van der Waals surface area contributed by atoms with Gasteiger partial charge in [0.05, 0.1) is 12.8 Å². The molecule has 0 saturated carbocycles. The van der Waals surface area contributed by atoms with Crippen LogP contribution in [0.5, 0.6) is 5.75 Å². The summed E-state index contributed by atoms with van der Waals surface area (Å²) < 4.78 is 11.0. The monoisotopic (exact) mass is 314 g/mol. The van der Waals surface area contributed by atoms with Crippen molar-refractivity contribution in [3.63, 3.8) is 0 Å². The molecule has 118 valence electrons. The molecular weight excluding hydrogens is 300 g/mol. The Morgan fingerprint density at radius 3 is 2.65 bits per heavy atom. The van der Waals surface area contributed by atoms with Crippen molar-refractivity contribution < 1.29 is 19.1 Å². The Kier molecular flexibility index (Phi) is 4.94. The highest BCUT2D eigenvalue weighted by Gasteiger charge is 2.13. The molecule has 0 saturated heterocycles. The van der Waals surface area contributed by atoms with Crippen LogP contribution in [0.1, 0.15) is 22.8 Å². The Morgan fingerprint density at radius 2 is 2.04 bits per heavy atom. The molecule has 8 heteroatoms. The Hall–Kier alpha value is -3.34. The summed E-state index contributed by atoms with van der Waals surface area (Å²) in [6.07, 6.45) is 0.560. The van der Waals surface area contributed by atoms with Gasteiger partial charge in [-0.1, -0.05) is 0 Å². The summed E-state index contributed by atoms with van der Waals surface area (Å²) >= 11 is 0. The van der Waals surface area contributed by atoms with Crippen LogP contribution in [0, 0.1) is 11.3 Å². The molecule has 0 aliphatic heterocycles. The Morgan fingerprint density at radius 1 is 1.35 bits per heavy atom. The van der Waals surface area contributed by atoms with E-state index in [0.29, 0.717) is 11.4 Å². The van der Waals surface area contributed by atoms with E-state index in [1.165, 1.54) is 35.1 Å². The van der Waals surface area contributed by atoms with Gasteiger partial charge >= 0.3 is 6.16 Å². The van der Waals surface area contributed by atoms with Gasteiger partial charge in [0.25, 0.3) is 5.91 Å². The summed E-state index contributed by atoms with van der Waals surface area (Å²) in [7, 11) is 1.62. The maximum absolute atomic E-state index is 12.2. The lowest BCUT2D eigenvalue weighted by atomic mass is 10.2. The molecule has 0 bridgehead atoms. The topological polar surface area (TPSA) is 106 Å². The molecule has 0 unspecified atom stereocenters. The molecule has 0 fully saturated rings. The Bertz CT molecular complexity index is 759. The summed E-state index contributed by atoms with van der Waals surface area (Å²) in [5, 5.41) is 15.5. The summed E-state index contributed by atoms with van der Waals surface area (Å²) in [6, 6.07) is 7.88. The summed E-state index contributed by atoms with van der Waals surface area (Å²) in [5.74, 6) is 0.162. The molecule has 0 aliphatic carbocycles. The molecule has 1 N–H and O–H groups in total. The minimum Gasteiger partial charge on any atom is -0.434 e. The van der Waals surface area contributed by atoms with Gasteiger partial charge < -0.3 is 14.8 Å². The lowest BCUT2D eigenvalue weighted by Crippen LogP contribution is -2.15. The van der Waals surface area contributed by atoms with Gasteiger partial charge in [0.1, 0.15) is 23.2 Å². The first kappa shape index (κ1) is 16.0. The third-order valence-corrected chi connectivity index (χ3v) is 2.87. The van der Waals surface area contributed by atoms with Crippen molar-refractivity contribution in [3.8, 4) is 11.8 Å². The van der Waals surface area contributed by atoms with Gasteiger partial charge in [-0.3, -0.25) is 9.48 Å². The highest BCUT2D eigenvalue weighted by Crippen LogP contribution is 2.16. The fourth-order valence-electron chi connectivity index (χ4n) is 1.77. The van der Waals surface area contributed by atoms with Crippen LogP contribution in [0.4, 0.5) is 10.6 Å². The zero-order chi connectivity index (χ0) is 16.8. The van der Waals surface area contributed by atoms with E-state index in [-0.39, 0.29) is 17.9 Å². The maximum Gasteiger partial charge on any atom is 0.513 e. The van der Waals surface area contributed by atoms with Crippen molar-refractivity contribution in [1.82, 2.24) is 9.78 Å². The molecule has 2 rings (SSSR count). The Balaban J connectivity index is 2.07. The molecule has 2 aromatic rings. The smallest absolute Gasteiger partial charge is 0.434 e. The van der Waals surface area contributed by atoms with Crippen LogP contribution in [-0.2, 0) is 11.8 Å². The van der Waals surface area contributed by atoms with Crippen LogP contribution in [0.2, 0.25) is 0 Å². The van der Waals surface area contributed by atoms with Crippen molar-refractivity contribution in [2.75, 3.05) is 11.9 Å². The number of rotatable bonds is 4.